The van der Waals surface area contributed by atoms with Gasteiger partial charge in [-0.05, 0) is 49.5 Å². The van der Waals surface area contributed by atoms with Gasteiger partial charge in [-0.2, -0.15) is 4.37 Å². The van der Waals surface area contributed by atoms with E-state index >= 15 is 0 Å². The molecule has 0 saturated heterocycles. The molecule has 1 heterocycles. The molecule has 1 atom stereocenters. The Bertz CT molecular complexity index is 561. The Labute approximate surface area is 118 Å². The molecule has 3 nitrogen and oxygen atoms in total. The summed E-state index contributed by atoms with van der Waals surface area (Å²) in [5, 5.41) is 0. The topological polar surface area (TPSA) is 51.8 Å². The second-order valence-electron chi connectivity index (χ2n) is 4.28. The molecule has 1 aromatic heterocycles. The van der Waals surface area contributed by atoms with Gasteiger partial charge in [-0.1, -0.05) is 11.8 Å². The third-order valence-corrected chi connectivity index (χ3v) is 4.25. The molecule has 0 amide bonds. The molecule has 0 fully saturated rings. The number of rotatable bonds is 4. The van der Waals surface area contributed by atoms with E-state index < -0.39 is 11.6 Å². The predicted octanol–water partition coefficient (Wildman–Crippen LogP) is 3.17. The Morgan fingerprint density at radius 2 is 2.00 bits per heavy atom. The van der Waals surface area contributed by atoms with Gasteiger partial charge in [0.15, 0.2) is 4.34 Å². The zero-order valence-electron chi connectivity index (χ0n) is 10.5. The maximum Gasteiger partial charge on any atom is 0.175 e. The van der Waals surface area contributed by atoms with E-state index in [0.717, 1.165) is 23.3 Å². The third-order valence-electron chi connectivity index (χ3n) is 2.31. The van der Waals surface area contributed by atoms with Crippen LogP contribution in [0.3, 0.4) is 0 Å². The van der Waals surface area contributed by atoms with Gasteiger partial charge in [0.1, 0.15) is 17.5 Å². The van der Waals surface area contributed by atoms with E-state index in [1.54, 1.807) is 13.8 Å². The summed E-state index contributed by atoms with van der Waals surface area (Å²) in [5.41, 5.74) is 6.18. The Kier molecular flexibility index (Phi) is 4.49. The summed E-state index contributed by atoms with van der Waals surface area (Å²) in [6.07, 6.45) is 0.441. The standard InChI is InChI=1S/C12H13F2N3S2/c1-6(15)3-8-4-9(13)11(10(14)5-8)18-12-16-7(2)17-19-12/h4-6H,3,15H2,1-2H3. The van der Waals surface area contributed by atoms with Gasteiger partial charge < -0.3 is 5.73 Å². The highest BCUT2D eigenvalue weighted by atomic mass is 32.2. The van der Waals surface area contributed by atoms with E-state index in [2.05, 4.69) is 9.36 Å². The van der Waals surface area contributed by atoms with Crippen molar-refractivity contribution < 1.29 is 8.78 Å². The summed E-state index contributed by atoms with van der Waals surface area (Å²) in [6.45, 7) is 3.53. The highest BCUT2D eigenvalue weighted by Crippen LogP contribution is 2.33. The molecule has 0 aliphatic carbocycles. The van der Waals surface area contributed by atoms with Crippen LogP contribution in [0.25, 0.3) is 0 Å². The first-order valence-corrected chi connectivity index (χ1v) is 7.26. The molecule has 2 rings (SSSR count). The molecule has 2 N–H and O–H groups in total. The quantitative estimate of drug-likeness (QED) is 0.942. The molecule has 2 aromatic rings. The number of nitrogens with two attached hydrogens (primary N) is 1. The van der Waals surface area contributed by atoms with Gasteiger partial charge in [0, 0.05) is 6.04 Å². The molecule has 1 unspecified atom stereocenters. The predicted molar refractivity (Wildman–Crippen MR) is 72.5 cm³/mol. The van der Waals surface area contributed by atoms with Crippen LogP contribution >= 0.6 is 23.3 Å². The summed E-state index contributed by atoms with van der Waals surface area (Å²) >= 11 is 2.08. The Morgan fingerprint density at radius 3 is 2.47 bits per heavy atom. The lowest BCUT2D eigenvalue weighted by atomic mass is 10.1. The van der Waals surface area contributed by atoms with Crippen LogP contribution in [-0.2, 0) is 6.42 Å². The van der Waals surface area contributed by atoms with Crippen molar-refractivity contribution >= 4 is 23.3 Å². The van der Waals surface area contributed by atoms with E-state index in [0.29, 0.717) is 22.1 Å². The average Bonchev–Trinajstić information content (AvgIpc) is 2.68. The van der Waals surface area contributed by atoms with Crippen molar-refractivity contribution in [2.24, 2.45) is 5.73 Å². The molecular formula is C12H13F2N3S2. The van der Waals surface area contributed by atoms with Crippen LogP contribution in [0.1, 0.15) is 18.3 Å². The van der Waals surface area contributed by atoms with Crippen molar-refractivity contribution in [1.29, 1.82) is 0 Å². The van der Waals surface area contributed by atoms with Crippen LogP contribution in [0, 0.1) is 18.6 Å². The Morgan fingerprint density at radius 1 is 1.37 bits per heavy atom. The molecular weight excluding hydrogens is 288 g/mol. The van der Waals surface area contributed by atoms with Crippen LogP contribution in [0.4, 0.5) is 8.78 Å². The fourth-order valence-electron chi connectivity index (χ4n) is 1.61. The molecule has 0 spiro atoms. The number of halogens is 2. The van der Waals surface area contributed by atoms with Gasteiger partial charge in [-0.25, -0.2) is 13.8 Å². The lowest BCUT2D eigenvalue weighted by Gasteiger charge is -2.08. The zero-order chi connectivity index (χ0) is 14.0. The maximum atomic E-state index is 13.9. The number of hydrogen-bond acceptors (Lipinski definition) is 5. The Hall–Kier alpha value is -1.05. The number of aromatic nitrogens is 2. The molecule has 7 heteroatoms. The molecule has 19 heavy (non-hydrogen) atoms. The van der Waals surface area contributed by atoms with Crippen LogP contribution in [-0.4, -0.2) is 15.4 Å². The number of hydrogen-bond donors (Lipinski definition) is 1. The van der Waals surface area contributed by atoms with Crippen molar-refractivity contribution in [3.05, 3.63) is 35.2 Å². The highest BCUT2D eigenvalue weighted by molar-refractivity contribution is 8.01. The van der Waals surface area contributed by atoms with Crippen LogP contribution in [0.5, 0.6) is 0 Å². The highest BCUT2D eigenvalue weighted by Gasteiger charge is 2.15. The van der Waals surface area contributed by atoms with Gasteiger partial charge in [-0.15, -0.1) is 0 Å². The number of nitrogens with zero attached hydrogens (tertiary/aromatic N) is 2. The van der Waals surface area contributed by atoms with E-state index in [1.165, 1.54) is 12.1 Å². The first kappa shape index (κ1) is 14.4. The van der Waals surface area contributed by atoms with Gasteiger partial charge in [-0.3, -0.25) is 0 Å². The van der Waals surface area contributed by atoms with Gasteiger partial charge in [0.25, 0.3) is 0 Å². The van der Waals surface area contributed by atoms with E-state index in [9.17, 15) is 8.78 Å². The number of aryl methyl sites for hydroxylation is 1. The molecule has 0 radical (unpaired) electrons. The number of benzene rings is 1. The fraction of sp³-hybridized carbons (Fsp3) is 0.333. The van der Waals surface area contributed by atoms with Crippen LogP contribution in [0.2, 0.25) is 0 Å². The molecule has 0 saturated carbocycles. The molecule has 1 aromatic carbocycles. The summed E-state index contributed by atoms with van der Waals surface area (Å²) in [7, 11) is 0. The molecule has 0 aliphatic heterocycles. The first-order chi connectivity index (χ1) is 8.95. The first-order valence-electron chi connectivity index (χ1n) is 5.67. The fourth-order valence-corrected chi connectivity index (χ4v) is 3.21. The lowest BCUT2D eigenvalue weighted by Crippen LogP contribution is -2.18. The minimum Gasteiger partial charge on any atom is -0.328 e. The Balaban J connectivity index is 2.26. The zero-order valence-corrected chi connectivity index (χ0v) is 12.1. The van der Waals surface area contributed by atoms with Crippen molar-refractivity contribution in [1.82, 2.24) is 9.36 Å². The average molecular weight is 301 g/mol. The monoisotopic (exact) mass is 301 g/mol. The van der Waals surface area contributed by atoms with Crippen LogP contribution in [0.15, 0.2) is 21.4 Å². The van der Waals surface area contributed by atoms with Crippen molar-refractivity contribution in [3.63, 3.8) is 0 Å². The summed E-state index contributed by atoms with van der Waals surface area (Å²) in [5.74, 6) is -0.580. The summed E-state index contributed by atoms with van der Waals surface area (Å²) in [4.78, 5) is 4.02. The van der Waals surface area contributed by atoms with Gasteiger partial charge in [0.05, 0.1) is 4.90 Å². The van der Waals surface area contributed by atoms with Crippen LogP contribution < -0.4 is 5.73 Å². The summed E-state index contributed by atoms with van der Waals surface area (Å²) < 4.78 is 32.3. The molecule has 102 valence electrons. The van der Waals surface area contributed by atoms with Gasteiger partial charge in [0.2, 0.25) is 0 Å². The minimum absolute atomic E-state index is 0.0513. The maximum absolute atomic E-state index is 13.9. The third kappa shape index (κ3) is 3.71. The molecule has 0 bridgehead atoms. The molecule has 0 aliphatic rings. The second-order valence-corrected chi connectivity index (χ2v) is 6.29. The SMILES string of the molecule is Cc1nsc(Sc2c(F)cc(CC(C)N)cc2F)n1. The normalized spacial score (nSPS) is 12.7. The van der Waals surface area contributed by atoms with Crippen molar-refractivity contribution in [2.45, 2.75) is 35.5 Å². The lowest BCUT2D eigenvalue weighted by molar-refractivity contribution is 0.535. The minimum atomic E-state index is -0.589. The van der Waals surface area contributed by atoms with E-state index in [4.69, 9.17) is 5.73 Å². The van der Waals surface area contributed by atoms with Crippen molar-refractivity contribution in [3.8, 4) is 0 Å². The second kappa shape index (κ2) is 5.94. The summed E-state index contributed by atoms with van der Waals surface area (Å²) in [6, 6.07) is 2.51. The smallest absolute Gasteiger partial charge is 0.175 e. The van der Waals surface area contributed by atoms with Gasteiger partial charge >= 0.3 is 0 Å². The van der Waals surface area contributed by atoms with E-state index in [-0.39, 0.29) is 10.9 Å². The van der Waals surface area contributed by atoms with E-state index in [1.807, 2.05) is 0 Å². The largest absolute Gasteiger partial charge is 0.328 e. The van der Waals surface area contributed by atoms with Crippen molar-refractivity contribution in [2.75, 3.05) is 0 Å².